The first kappa shape index (κ1) is 9.26. The number of hydrogen-bond donors (Lipinski definition) is 1. The monoisotopic (exact) mass is 168 g/mol. The zero-order valence-corrected chi connectivity index (χ0v) is 7.92. The van der Waals surface area contributed by atoms with Gasteiger partial charge in [-0.2, -0.15) is 0 Å². The van der Waals surface area contributed by atoms with Crippen LogP contribution >= 0.6 is 0 Å². The summed E-state index contributed by atoms with van der Waals surface area (Å²) in [4.78, 5) is 13.2. The van der Waals surface area contributed by atoms with Gasteiger partial charge in [-0.3, -0.25) is 4.79 Å². The van der Waals surface area contributed by atoms with Crippen LogP contribution in [-0.4, -0.2) is 37.0 Å². The fourth-order valence-corrected chi connectivity index (χ4v) is 1.08. The van der Waals surface area contributed by atoms with E-state index in [1.165, 1.54) is 0 Å². The zero-order chi connectivity index (χ0) is 9.14. The summed E-state index contributed by atoms with van der Waals surface area (Å²) in [6.45, 7) is 5.73. The number of hydrogen-bond acceptors (Lipinski definition) is 2. The Morgan fingerprint density at radius 2 is 2.08 bits per heavy atom. The van der Waals surface area contributed by atoms with Crippen molar-refractivity contribution in [3.63, 3.8) is 0 Å². The molecule has 0 aromatic heterocycles. The highest BCUT2D eigenvalue weighted by Crippen LogP contribution is 2.03. The van der Waals surface area contributed by atoms with Crippen LogP contribution in [0.25, 0.3) is 0 Å². The molecule has 3 heteroatoms. The fourth-order valence-electron chi connectivity index (χ4n) is 1.08. The third-order valence-corrected chi connectivity index (χ3v) is 2.07. The molecule has 1 fully saturated rings. The maximum absolute atomic E-state index is 11.4. The second-order valence-electron chi connectivity index (χ2n) is 3.48. The van der Waals surface area contributed by atoms with Gasteiger partial charge in [0.05, 0.1) is 6.04 Å². The molecule has 1 rings (SSSR count). The first-order valence-electron chi connectivity index (χ1n) is 4.23. The molecule has 0 atom stereocenters. The Labute approximate surface area is 73.4 Å². The second-order valence-corrected chi connectivity index (χ2v) is 3.48. The zero-order valence-electron chi connectivity index (χ0n) is 7.92. The van der Waals surface area contributed by atoms with Gasteiger partial charge in [-0.05, 0) is 13.8 Å². The summed E-state index contributed by atoms with van der Waals surface area (Å²) in [5, 5.41) is 3.14. The van der Waals surface area contributed by atoms with Crippen LogP contribution in [0.15, 0.2) is 11.6 Å². The van der Waals surface area contributed by atoms with Crippen LogP contribution < -0.4 is 5.32 Å². The molecule has 12 heavy (non-hydrogen) atoms. The smallest absolute Gasteiger partial charge is 0.246 e. The van der Waals surface area contributed by atoms with Crippen LogP contribution in [0.5, 0.6) is 0 Å². The van der Waals surface area contributed by atoms with E-state index in [-0.39, 0.29) is 5.91 Å². The van der Waals surface area contributed by atoms with Gasteiger partial charge in [-0.25, -0.2) is 0 Å². The molecule has 0 aliphatic carbocycles. The fraction of sp³-hybridized carbons (Fsp3) is 0.667. The quantitative estimate of drug-likeness (QED) is 0.605. The molecule has 0 bridgehead atoms. The molecule has 1 heterocycles. The van der Waals surface area contributed by atoms with Gasteiger partial charge in [0.2, 0.25) is 5.91 Å². The highest BCUT2D eigenvalue weighted by Gasteiger charge is 2.23. The summed E-state index contributed by atoms with van der Waals surface area (Å²) in [5.41, 5.74) is 1.05. The molecule has 1 aliphatic rings. The van der Waals surface area contributed by atoms with Gasteiger partial charge in [0.1, 0.15) is 0 Å². The molecule has 0 saturated carbocycles. The predicted octanol–water partition coefficient (Wildman–Crippen LogP) is 0.383. The first-order chi connectivity index (χ1) is 5.61. The van der Waals surface area contributed by atoms with Gasteiger partial charge in [0.25, 0.3) is 0 Å². The average molecular weight is 168 g/mol. The van der Waals surface area contributed by atoms with Crippen molar-refractivity contribution in [1.82, 2.24) is 10.2 Å². The van der Waals surface area contributed by atoms with Gasteiger partial charge in [-0.15, -0.1) is 0 Å². The second kappa shape index (κ2) is 3.72. The number of rotatable bonds is 2. The summed E-state index contributed by atoms with van der Waals surface area (Å²) >= 11 is 0. The van der Waals surface area contributed by atoms with E-state index in [1.54, 1.807) is 11.0 Å². The van der Waals surface area contributed by atoms with Crippen molar-refractivity contribution in [3.05, 3.63) is 11.6 Å². The SMILES string of the molecule is CC(C)=CC(=O)N(C)C1CNC1. The van der Waals surface area contributed by atoms with Crippen LogP contribution in [-0.2, 0) is 4.79 Å². The van der Waals surface area contributed by atoms with Crippen molar-refractivity contribution < 1.29 is 4.79 Å². The van der Waals surface area contributed by atoms with Crippen molar-refractivity contribution in [3.8, 4) is 0 Å². The molecule has 1 aliphatic heterocycles. The largest absolute Gasteiger partial charge is 0.337 e. The minimum absolute atomic E-state index is 0.113. The summed E-state index contributed by atoms with van der Waals surface area (Å²) < 4.78 is 0. The lowest BCUT2D eigenvalue weighted by Gasteiger charge is -2.35. The van der Waals surface area contributed by atoms with Gasteiger partial charge < -0.3 is 10.2 Å². The first-order valence-corrected chi connectivity index (χ1v) is 4.23. The molecule has 0 unspecified atom stereocenters. The topological polar surface area (TPSA) is 32.3 Å². The van der Waals surface area contributed by atoms with E-state index >= 15 is 0 Å². The Balaban J connectivity index is 2.45. The Kier molecular flexibility index (Phi) is 2.87. The Hall–Kier alpha value is -0.830. The third kappa shape index (κ3) is 2.08. The van der Waals surface area contributed by atoms with Gasteiger partial charge in [0, 0.05) is 26.2 Å². The number of nitrogens with zero attached hydrogens (tertiary/aromatic N) is 1. The third-order valence-electron chi connectivity index (χ3n) is 2.07. The molecule has 1 saturated heterocycles. The van der Waals surface area contributed by atoms with E-state index in [1.807, 2.05) is 20.9 Å². The molecular weight excluding hydrogens is 152 g/mol. The molecular formula is C9H16N2O. The van der Waals surface area contributed by atoms with E-state index in [2.05, 4.69) is 5.32 Å². The summed E-state index contributed by atoms with van der Waals surface area (Å²) in [7, 11) is 1.85. The maximum atomic E-state index is 11.4. The highest BCUT2D eigenvalue weighted by atomic mass is 16.2. The number of carbonyl (C=O) groups excluding carboxylic acids is 1. The lowest BCUT2D eigenvalue weighted by molar-refractivity contribution is -0.127. The molecule has 3 nitrogen and oxygen atoms in total. The molecule has 68 valence electrons. The van der Waals surface area contributed by atoms with Gasteiger partial charge in [-0.1, -0.05) is 5.57 Å². The van der Waals surface area contributed by atoms with Crippen molar-refractivity contribution in [2.45, 2.75) is 19.9 Å². The van der Waals surface area contributed by atoms with E-state index in [4.69, 9.17) is 0 Å². The minimum atomic E-state index is 0.113. The summed E-state index contributed by atoms with van der Waals surface area (Å²) in [6, 6.07) is 0.396. The normalized spacial score (nSPS) is 16.6. The van der Waals surface area contributed by atoms with Crippen LogP contribution in [0.2, 0.25) is 0 Å². The van der Waals surface area contributed by atoms with Crippen LogP contribution in [0.3, 0.4) is 0 Å². The van der Waals surface area contributed by atoms with Crippen molar-refractivity contribution in [1.29, 1.82) is 0 Å². The molecule has 1 amide bonds. The lowest BCUT2D eigenvalue weighted by Crippen LogP contribution is -2.57. The van der Waals surface area contributed by atoms with E-state index < -0.39 is 0 Å². The van der Waals surface area contributed by atoms with E-state index in [0.717, 1.165) is 18.7 Å². The van der Waals surface area contributed by atoms with E-state index in [0.29, 0.717) is 6.04 Å². The van der Waals surface area contributed by atoms with Crippen molar-refractivity contribution in [2.75, 3.05) is 20.1 Å². The van der Waals surface area contributed by atoms with E-state index in [9.17, 15) is 4.79 Å². The maximum Gasteiger partial charge on any atom is 0.246 e. The highest BCUT2D eigenvalue weighted by molar-refractivity contribution is 5.88. The van der Waals surface area contributed by atoms with Crippen molar-refractivity contribution in [2.24, 2.45) is 0 Å². The molecule has 0 radical (unpaired) electrons. The number of amides is 1. The number of carbonyl (C=O) groups is 1. The molecule has 0 aromatic rings. The molecule has 1 N–H and O–H groups in total. The number of allylic oxidation sites excluding steroid dienone is 1. The summed E-state index contributed by atoms with van der Waals surface area (Å²) in [6.07, 6.45) is 1.68. The van der Waals surface area contributed by atoms with Crippen LogP contribution in [0.1, 0.15) is 13.8 Å². The molecule has 0 aromatic carbocycles. The number of likely N-dealkylation sites (N-methyl/N-ethyl adjacent to an activating group) is 1. The average Bonchev–Trinajstić information content (AvgIpc) is 1.81. The van der Waals surface area contributed by atoms with Crippen LogP contribution in [0, 0.1) is 0 Å². The van der Waals surface area contributed by atoms with Gasteiger partial charge in [0.15, 0.2) is 0 Å². The Bertz CT molecular complexity index is 203. The molecule has 0 spiro atoms. The van der Waals surface area contributed by atoms with Crippen LogP contribution in [0.4, 0.5) is 0 Å². The predicted molar refractivity (Wildman–Crippen MR) is 48.9 cm³/mol. The van der Waals surface area contributed by atoms with Gasteiger partial charge >= 0.3 is 0 Å². The minimum Gasteiger partial charge on any atom is -0.337 e. The standard InChI is InChI=1S/C9H16N2O/c1-7(2)4-9(12)11(3)8-5-10-6-8/h4,8,10H,5-6H2,1-3H3. The van der Waals surface area contributed by atoms with Crippen molar-refractivity contribution >= 4 is 5.91 Å². The Morgan fingerprint density at radius 1 is 1.50 bits per heavy atom. The lowest BCUT2D eigenvalue weighted by atomic mass is 10.1. The number of nitrogens with one attached hydrogen (secondary N) is 1. The Morgan fingerprint density at radius 3 is 2.42 bits per heavy atom. The summed E-state index contributed by atoms with van der Waals surface area (Å²) in [5.74, 6) is 0.113.